The van der Waals surface area contributed by atoms with Crippen molar-refractivity contribution in [3.8, 4) is 0 Å². The molecule has 0 amide bonds. The first-order valence-electron chi connectivity index (χ1n) is 7.38. The Morgan fingerprint density at radius 1 is 1.33 bits per heavy atom. The average molecular weight is 241 g/mol. The van der Waals surface area contributed by atoms with E-state index in [9.17, 15) is 0 Å². The highest BCUT2D eigenvalue weighted by Crippen LogP contribution is 2.35. The summed E-state index contributed by atoms with van der Waals surface area (Å²) in [5.74, 6) is 1.76. The predicted molar refractivity (Wildman–Crippen MR) is 77.9 cm³/mol. The lowest BCUT2D eigenvalue weighted by molar-refractivity contribution is 0.302. The Morgan fingerprint density at radius 3 is 3.00 bits per heavy atom. The average Bonchev–Trinajstić information content (AvgIpc) is 2.76. The summed E-state index contributed by atoms with van der Waals surface area (Å²) in [6.45, 7) is 4.74. The topological polar surface area (TPSA) is 15.8 Å². The van der Waals surface area contributed by atoms with Gasteiger partial charge in [-0.1, -0.05) is 44.9 Å². The number of hydrogen-bond acceptors (Lipinski definition) is 0. The Morgan fingerprint density at radius 2 is 2.17 bits per heavy atom. The van der Waals surface area contributed by atoms with E-state index in [1.54, 1.807) is 5.56 Å². The Hall–Kier alpha value is -1.24. The smallest absolute Gasteiger partial charge is 0.0458 e. The molecule has 1 heteroatoms. The lowest BCUT2D eigenvalue weighted by Gasteiger charge is -2.28. The Bertz CT molecular complexity index is 538. The molecule has 1 aromatic heterocycles. The van der Waals surface area contributed by atoms with Crippen LogP contribution >= 0.6 is 0 Å². The van der Waals surface area contributed by atoms with E-state index >= 15 is 0 Å². The summed E-state index contributed by atoms with van der Waals surface area (Å²) in [6, 6.07) is 8.77. The van der Waals surface area contributed by atoms with E-state index in [2.05, 4.69) is 43.1 Å². The van der Waals surface area contributed by atoms with Crippen molar-refractivity contribution in [1.29, 1.82) is 0 Å². The molecule has 1 heterocycles. The van der Waals surface area contributed by atoms with Crippen LogP contribution < -0.4 is 0 Å². The maximum Gasteiger partial charge on any atom is 0.0458 e. The normalized spacial score (nSPS) is 20.9. The van der Waals surface area contributed by atoms with Crippen LogP contribution in [-0.4, -0.2) is 4.98 Å². The van der Waals surface area contributed by atoms with Crippen LogP contribution in [0.25, 0.3) is 10.9 Å². The maximum atomic E-state index is 3.61. The molecule has 0 saturated carbocycles. The number of fused-ring (bicyclic) bond motifs is 3. The maximum absolute atomic E-state index is 3.61. The van der Waals surface area contributed by atoms with Gasteiger partial charge in [0, 0.05) is 16.6 Å². The molecule has 2 aromatic rings. The monoisotopic (exact) mass is 241 g/mol. The van der Waals surface area contributed by atoms with Crippen LogP contribution in [0.15, 0.2) is 24.3 Å². The van der Waals surface area contributed by atoms with Crippen LogP contribution in [0.5, 0.6) is 0 Å². The van der Waals surface area contributed by atoms with Crippen LogP contribution in [0, 0.1) is 11.8 Å². The second kappa shape index (κ2) is 4.79. The van der Waals surface area contributed by atoms with Gasteiger partial charge in [0.2, 0.25) is 0 Å². The Labute approximate surface area is 110 Å². The molecule has 0 fully saturated rings. The van der Waals surface area contributed by atoms with Crippen LogP contribution in [-0.2, 0) is 12.8 Å². The zero-order valence-corrected chi connectivity index (χ0v) is 11.5. The zero-order valence-electron chi connectivity index (χ0n) is 11.5. The van der Waals surface area contributed by atoms with E-state index in [4.69, 9.17) is 0 Å². The van der Waals surface area contributed by atoms with Crippen molar-refractivity contribution in [2.24, 2.45) is 11.8 Å². The third kappa shape index (κ3) is 1.96. The van der Waals surface area contributed by atoms with Gasteiger partial charge in [0.05, 0.1) is 0 Å². The number of benzene rings is 1. The fraction of sp³-hybridized carbons (Fsp3) is 0.529. The summed E-state index contributed by atoms with van der Waals surface area (Å²) in [4.78, 5) is 3.61. The first-order valence-corrected chi connectivity index (χ1v) is 7.38. The third-order valence-corrected chi connectivity index (χ3v) is 4.68. The molecule has 0 radical (unpaired) electrons. The van der Waals surface area contributed by atoms with Gasteiger partial charge in [-0.2, -0.15) is 0 Å². The molecule has 1 N–H and O–H groups in total. The number of H-pyrrole nitrogens is 1. The van der Waals surface area contributed by atoms with Crippen molar-refractivity contribution in [1.82, 2.24) is 4.98 Å². The van der Waals surface area contributed by atoms with Gasteiger partial charge in [-0.25, -0.2) is 0 Å². The third-order valence-electron chi connectivity index (χ3n) is 4.68. The number of nitrogens with one attached hydrogen (secondary N) is 1. The molecule has 1 aliphatic rings. The van der Waals surface area contributed by atoms with Crippen LogP contribution in [0.3, 0.4) is 0 Å². The van der Waals surface area contributed by atoms with E-state index in [1.165, 1.54) is 48.7 Å². The minimum absolute atomic E-state index is 0.872. The van der Waals surface area contributed by atoms with Gasteiger partial charge in [0.1, 0.15) is 0 Å². The van der Waals surface area contributed by atoms with Crippen molar-refractivity contribution in [3.05, 3.63) is 35.5 Å². The molecule has 18 heavy (non-hydrogen) atoms. The molecule has 1 nitrogen and oxygen atoms in total. The first-order chi connectivity index (χ1) is 8.79. The molecular weight excluding hydrogens is 218 g/mol. The van der Waals surface area contributed by atoms with Gasteiger partial charge < -0.3 is 4.98 Å². The number of hydrogen-bond donors (Lipinski definition) is 1. The van der Waals surface area contributed by atoms with Gasteiger partial charge >= 0.3 is 0 Å². The molecule has 2 unspecified atom stereocenters. The summed E-state index contributed by atoms with van der Waals surface area (Å²) >= 11 is 0. The van der Waals surface area contributed by atoms with Gasteiger partial charge in [-0.15, -0.1) is 0 Å². The van der Waals surface area contributed by atoms with Crippen molar-refractivity contribution in [3.63, 3.8) is 0 Å². The van der Waals surface area contributed by atoms with Crippen molar-refractivity contribution >= 4 is 10.9 Å². The van der Waals surface area contributed by atoms with Gasteiger partial charge in [-0.05, 0) is 42.7 Å². The lowest BCUT2D eigenvalue weighted by Crippen LogP contribution is -2.20. The molecule has 3 rings (SSSR count). The van der Waals surface area contributed by atoms with E-state index in [0.29, 0.717) is 0 Å². The number of aromatic amines is 1. The Kier molecular flexibility index (Phi) is 3.15. The molecule has 1 aromatic carbocycles. The molecule has 96 valence electrons. The highest BCUT2D eigenvalue weighted by Gasteiger charge is 2.25. The molecule has 0 aliphatic heterocycles. The highest BCUT2D eigenvalue weighted by atomic mass is 14.7. The summed E-state index contributed by atoms with van der Waals surface area (Å²) in [6.07, 6.45) is 6.57. The summed E-state index contributed by atoms with van der Waals surface area (Å²) in [5.41, 5.74) is 4.42. The highest BCUT2D eigenvalue weighted by molar-refractivity contribution is 5.84. The first kappa shape index (κ1) is 11.8. The standard InChI is InChI=1S/C17H23N/c1-3-6-12(2)13-9-10-17-15(11-13)14-7-4-5-8-16(14)18-17/h4-5,7-8,12-13,18H,3,6,9-11H2,1-2H3. The van der Waals surface area contributed by atoms with Crippen molar-refractivity contribution in [2.75, 3.05) is 0 Å². The zero-order chi connectivity index (χ0) is 12.5. The van der Waals surface area contributed by atoms with Gasteiger partial charge in [-0.3, -0.25) is 0 Å². The SMILES string of the molecule is CCCC(C)C1CCc2[nH]c3ccccc3c2C1. The van der Waals surface area contributed by atoms with Crippen LogP contribution in [0.2, 0.25) is 0 Å². The number of aromatic nitrogens is 1. The van der Waals surface area contributed by atoms with Crippen LogP contribution in [0.4, 0.5) is 0 Å². The minimum atomic E-state index is 0.872. The van der Waals surface area contributed by atoms with Crippen molar-refractivity contribution in [2.45, 2.75) is 46.0 Å². The van der Waals surface area contributed by atoms with E-state index in [0.717, 1.165) is 11.8 Å². The molecule has 1 aliphatic carbocycles. The van der Waals surface area contributed by atoms with E-state index in [1.807, 2.05) is 0 Å². The van der Waals surface area contributed by atoms with E-state index in [-0.39, 0.29) is 0 Å². The second-order valence-corrected chi connectivity index (χ2v) is 5.90. The lowest BCUT2D eigenvalue weighted by atomic mass is 9.78. The minimum Gasteiger partial charge on any atom is -0.358 e. The Balaban J connectivity index is 1.91. The molecule has 0 spiro atoms. The molecule has 2 atom stereocenters. The molecule has 0 saturated heterocycles. The van der Waals surface area contributed by atoms with Gasteiger partial charge in [0.25, 0.3) is 0 Å². The predicted octanol–water partition coefficient (Wildman–Crippen LogP) is 4.71. The van der Waals surface area contributed by atoms with E-state index < -0.39 is 0 Å². The summed E-state index contributed by atoms with van der Waals surface area (Å²) in [7, 11) is 0. The fourth-order valence-corrected chi connectivity index (χ4v) is 3.57. The summed E-state index contributed by atoms with van der Waals surface area (Å²) in [5, 5.41) is 1.46. The largest absolute Gasteiger partial charge is 0.358 e. The second-order valence-electron chi connectivity index (χ2n) is 5.90. The fourth-order valence-electron chi connectivity index (χ4n) is 3.57. The van der Waals surface area contributed by atoms with Crippen LogP contribution in [0.1, 0.15) is 44.4 Å². The summed E-state index contributed by atoms with van der Waals surface area (Å²) < 4.78 is 0. The molecule has 0 bridgehead atoms. The molecular formula is C17H23N. The van der Waals surface area contributed by atoms with Crippen molar-refractivity contribution < 1.29 is 0 Å². The number of aryl methyl sites for hydroxylation is 1. The number of para-hydroxylation sites is 1. The van der Waals surface area contributed by atoms with Gasteiger partial charge in [0.15, 0.2) is 0 Å². The number of rotatable bonds is 3. The quantitative estimate of drug-likeness (QED) is 0.801.